The highest BCUT2D eigenvalue weighted by molar-refractivity contribution is 6.43. The average Bonchev–Trinajstić information content (AvgIpc) is 3.21. The van der Waals surface area contributed by atoms with Crippen LogP contribution in [0.4, 0.5) is 4.79 Å². The Morgan fingerprint density at radius 3 is 2.48 bits per heavy atom. The monoisotopic (exact) mass is 545 g/mol. The third-order valence-corrected chi connectivity index (χ3v) is 8.04. The van der Waals surface area contributed by atoms with Crippen molar-refractivity contribution in [1.82, 2.24) is 4.90 Å². The van der Waals surface area contributed by atoms with E-state index >= 15 is 0 Å². The number of likely N-dealkylation sites (tertiary alicyclic amines) is 1. The highest BCUT2D eigenvalue weighted by atomic mass is 16.5. The van der Waals surface area contributed by atoms with Crippen LogP contribution in [0.15, 0.2) is 65.7 Å². The van der Waals surface area contributed by atoms with Crippen molar-refractivity contribution in [1.29, 1.82) is 0 Å². The van der Waals surface area contributed by atoms with Gasteiger partial charge in [0.2, 0.25) is 11.8 Å². The van der Waals surface area contributed by atoms with Gasteiger partial charge in [-0.15, -0.1) is 0 Å². The molecule has 2 saturated heterocycles. The molecule has 0 spiro atoms. The molecular weight excluding hydrogens is 513 g/mol. The third-order valence-electron chi connectivity index (χ3n) is 8.04. The van der Waals surface area contributed by atoms with Crippen molar-refractivity contribution in [2.45, 2.75) is 31.7 Å². The molecule has 5 rings (SSSR count). The number of hydrogen-bond donors (Lipinski definition) is 2. The molecule has 3 aliphatic rings. The Bertz CT molecular complexity index is 1340. The van der Waals surface area contributed by atoms with Crippen LogP contribution in [0.3, 0.4) is 0 Å². The number of allylic oxidation sites excluding steroid dienone is 1. The van der Waals surface area contributed by atoms with E-state index in [2.05, 4.69) is 6.08 Å². The van der Waals surface area contributed by atoms with Crippen LogP contribution in [0, 0.1) is 17.8 Å². The molecule has 0 aromatic heterocycles. The highest BCUT2D eigenvalue weighted by Gasteiger charge is 2.59. The number of imide groups is 3. The molecule has 1 aliphatic carbocycles. The Morgan fingerprint density at radius 2 is 1.80 bits per heavy atom. The van der Waals surface area contributed by atoms with Crippen molar-refractivity contribution in [2.24, 2.45) is 17.8 Å². The normalized spacial score (nSPS) is 24.7. The van der Waals surface area contributed by atoms with Crippen molar-refractivity contribution in [3.63, 3.8) is 0 Å². The van der Waals surface area contributed by atoms with Gasteiger partial charge in [0.15, 0.2) is 0 Å². The van der Waals surface area contributed by atoms with E-state index in [1.807, 2.05) is 42.5 Å². The summed E-state index contributed by atoms with van der Waals surface area (Å²) in [7, 11) is 1.57. The van der Waals surface area contributed by atoms with E-state index in [1.54, 1.807) is 19.2 Å². The van der Waals surface area contributed by atoms with Crippen LogP contribution in [0.1, 0.15) is 30.4 Å². The predicted molar refractivity (Wildman–Crippen MR) is 148 cm³/mol. The fourth-order valence-electron chi connectivity index (χ4n) is 6.35. The molecule has 2 aromatic carbocycles. The second-order valence-corrected chi connectivity index (χ2v) is 10.4. The van der Waals surface area contributed by atoms with E-state index in [-0.39, 0.29) is 25.1 Å². The van der Waals surface area contributed by atoms with Gasteiger partial charge in [0.1, 0.15) is 5.75 Å². The number of nitrogens with zero attached hydrogens (tertiary/aromatic N) is 1. The standard InChI is InChI=1S/C30H32BNO8/c1-38-17-21-15-23-27(29(35)32(28(23)34)30(36)39-2)24-16-31(37)40-25(26(21)24)13-10-20(19-6-4-3-5-7-19)14-18-8-11-22(33)12-9-18/h3-9,11-12,14,23-25,27,33,37H,10,13,15-17H2,1-2H3/b20-14-/t23-,24+,25-,27-/m1/s1. The minimum absolute atomic E-state index is 0.142. The van der Waals surface area contributed by atoms with Gasteiger partial charge < -0.3 is 24.3 Å². The SMILES string of the molecule is COCC1=C2[C@@H](CC/C(=C/c3ccc(O)cc3)c3ccccc3)OB(O)C[C@@H]2[C@@H]2C(=O)N(C(=O)OC)C(=O)[C@@H]2C1. The highest BCUT2D eigenvalue weighted by Crippen LogP contribution is 2.50. The van der Waals surface area contributed by atoms with Gasteiger partial charge in [0, 0.05) is 7.11 Å². The molecule has 0 unspecified atom stereocenters. The zero-order valence-electron chi connectivity index (χ0n) is 22.5. The number of hydrogen-bond acceptors (Lipinski definition) is 8. The lowest BCUT2D eigenvalue weighted by atomic mass is 9.58. The van der Waals surface area contributed by atoms with Gasteiger partial charge in [-0.25, -0.2) is 4.79 Å². The lowest BCUT2D eigenvalue weighted by molar-refractivity contribution is -0.137. The second-order valence-electron chi connectivity index (χ2n) is 10.4. The number of aromatic hydroxyl groups is 1. The molecule has 0 saturated carbocycles. The minimum atomic E-state index is -1.13. The summed E-state index contributed by atoms with van der Waals surface area (Å²) in [5.41, 5.74) is 4.74. The average molecular weight is 545 g/mol. The molecule has 208 valence electrons. The lowest BCUT2D eigenvalue weighted by Crippen LogP contribution is -2.46. The minimum Gasteiger partial charge on any atom is -0.508 e. The number of amides is 3. The van der Waals surface area contributed by atoms with Gasteiger partial charge in [0.05, 0.1) is 31.7 Å². The first-order valence-corrected chi connectivity index (χ1v) is 13.4. The molecule has 2 N–H and O–H groups in total. The first-order chi connectivity index (χ1) is 19.3. The quantitative estimate of drug-likeness (QED) is 0.232. The Labute approximate surface area is 233 Å². The predicted octanol–water partition coefficient (Wildman–Crippen LogP) is 3.92. The van der Waals surface area contributed by atoms with Gasteiger partial charge >= 0.3 is 13.2 Å². The number of carbonyl (C=O) groups is 3. The summed E-state index contributed by atoms with van der Waals surface area (Å²) < 4.78 is 16.3. The molecular formula is C30H32BNO8. The van der Waals surface area contributed by atoms with Crippen LogP contribution in [0.25, 0.3) is 11.6 Å². The molecule has 4 atom stereocenters. The first-order valence-electron chi connectivity index (χ1n) is 13.4. The molecule has 2 aliphatic heterocycles. The maximum absolute atomic E-state index is 13.4. The van der Waals surface area contributed by atoms with Crippen molar-refractivity contribution in [3.05, 3.63) is 76.9 Å². The summed E-state index contributed by atoms with van der Waals surface area (Å²) in [6, 6.07) is 16.9. The van der Waals surface area contributed by atoms with Crippen LogP contribution in [-0.4, -0.2) is 67.0 Å². The number of phenolic OH excluding ortho intramolecular Hbond substituents is 1. The van der Waals surface area contributed by atoms with Crippen LogP contribution in [0.2, 0.25) is 6.32 Å². The lowest BCUT2D eigenvalue weighted by Gasteiger charge is -2.43. The maximum Gasteiger partial charge on any atom is 0.455 e. The summed E-state index contributed by atoms with van der Waals surface area (Å²) in [6.07, 6.45) is 2.07. The third kappa shape index (κ3) is 5.34. The number of carbonyl (C=O) groups excluding carboxylic acids is 3. The summed E-state index contributed by atoms with van der Waals surface area (Å²) in [5, 5.41) is 20.5. The fourth-order valence-corrected chi connectivity index (χ4v) is 6.35. The summed E-state index contributed by atoms with van der Waals surface area (Å²) in [5.74, 6) is -2.94. The number of ether oxygens (including phenoxy) is 2. The molecule has 40 heavy (non-hydrogen) atoms. The van der Waals surface area contributed by atoms with E-state index in [9.17, 15) is 24.5 Å². The van der Waals surface area contributed by atoms with E-state index in [1.165, 1.54) is 0 Å². The summed E-state index contributed by atoms with van der Waals surface area (Å²) in [4.78, 5) is 39.4. The van der Waals surface area contributed by atoms with Gasteiger partial charge in [0.25, 0.3) is 0 Å². The Kier molecular flexibility index (Phi) is 8.21. The van der Waals surface area contributed by atoms with E-state index in [0.717, 1.165) is 35.0 Å². The smallest absolute Gasteiger partial charge is 0.455 e. The molecule has 2 heterocycles. The van der Waals surface area contributed by atoms with Crippen LogP contribution >= 0.6 is 0 Å². The molecule has 0 bridgehead atoms. The van der Waals surface area contributed by atoms with E-state index in [0.29, 0.717) is 17.7 Å². The topological polar surface area (TPSA) is 123 Å². The molecule has 2 fully saturated rings. The van der Waals surface area contributed by atoms with Gasteiger partial charge in [-0.05, 0) is 71.5 Å². The number of phenols is 1. The van der Waals surface area contributed by atoms with Crippen LogP contribution in [0.5, 0.6) is 5.75 Å². The summed E-state index contributed by atoms with van der Waals surface area (Å²) in [6.45, 7) is 0.250. The van der Waals surface area contributed by atoms with Crippen molar-refractivity contribution in [3.8, 4) is 5.75 Å². The molecule has 0 radical (unpaired) electrons. The van der Waals surface area contributed by atoms with Gasteiger partial charge in [-0.2, -0.15) is 4.90 Å². The largest absolute Gasteiger partial charge is 0.508 e. The van der Waals surface area contributed by atoms with Crippen molar-refractivity contribution < 1.29 is 38.6 Å². The Morgan fingerprint density at radius 1 is 1.07 bits per heavy atom. The fraction of sp³-hybridized carbons (Fsp3) is 0.367. The summed E-state index contributed by atoms with van der Waals surface area (Å²) >= 11 is 0. The molecule has 10 heteroatoms. The second kappa shape index (κ2) is 11.8. The number of rotatable bonds is 7. The Hall–Kier alpha value is -3.73. The zero-order chi connectivity index (χ0) is 28.4. The molecule has 2 aromatic rings. The van der Waals surface area contributed by atoms with Crippen molar-refractivity contribution >= 4 is 36.7 Å². The van der Waals surface area contributed by atoms with E-state index in [4.69, 9.17) is 14.1 Å². The molecule has 9 nitrogen and oxygen atoms in total. The number of fused-ring (bicyclic) bond motifs is 3. The zero-order valence-corrected chi connectivity index (χ0v) is 22.5. The van der Waals surface area contributed by atoms with Crippen molar-refractivity contribution in [2.75, 3.05) is 20.8 Å². The molecule has 3 amide bonds. The van der Waals surface area contributed by atoms with Crippen LogP contribution < -0.4 is 0 Å². The number of benzene rings is 2. The van der Waals surface area contributed by atoms with Crippen LogP contribution in [-0.2, 0) is 23.7 Å². The van der Waals surface area contributed by atoms with Gasteiger partial charge in [-0.3, -0.25) is 9.59 Å². The Balaban J connectivity index is 1.47. The maximum atomic E-state index is 13.4. The first kappa shape index (κ1) is 27.8. The van der Waals surface area contributed by atoms with Gasteiger partial charge in [-0.1, -0.05) is 48.5 Å². The number of methoxy groups -OCH3 is 2. The van der Waals surface area contributed by atoms with E-state index < -0.39 is 48.9 Å².